The molecule has 6 aromatic rings. The van der Waals surface area contributed by atoms with E-state index in [-0.39, 0.29) is 34.1 Å². The Morgan fingerprint density at radius 2 is 0.746 bits per heavy atom. The zero-order valence-corrected chi connectivity index (χ0v) is 39.1. The largest absolute Gasteiger partial charge is 0.491 e. The fourth-order valence-electron chi connectivity index (χ4n) is 7.17. The van der Waals surface area contributed by atoms with Crippen LogP contribution in [0.4, 0.5) is 17.6 Å². The van der Waals surface area contributed by atoms with Gasteiger partial charge in [-0.1, -0.05) is 128 Å². The first-order valence-electron chi connectivity index (χ1n) is 23.6. The highest BCUT2D eigenvalue weighted by atomic mass is 19.1. The van der Waals surface area contributed by atoms with Crippen LogP contribution in [-0.4, -0.2) is 25.2 Å². The van der Waals surface area contributed by atoms with Crippen LogP contribution in [0, 0.1) is 23.3 Å². The van der Waals surface area contributed by atoms with E-state index in [4.69, 9.17) is 18.9 Å². The summed E-state index contributed by atoms with van der Waals surface area (Å²) in [6.07, 6.45) is 13.0. The molecule has 0 atom stereocenters. The molecule has 354 valence electrons. The Balaban J connectivity index is 0.000000251. The Hall–Kier alpha value is -6.42. The van der Waals surface area contributed by atoms with Crippen molar-refractivity contribution in [1.82, 2.24) is 0 Å². The lowest BCUT2D eigenvalue weighted by molar-refractivity contribution is 0.0718. The number of ether oxygens (including phenoxy) is 4. The second-order valence-corrected chi connectivity index (χ2v) is 16.4. The van der Waals surface area contributed by atoms with E-state index in [1.165, 1.54) is 36.4 Å². The van der Waals surface area contributed by atoms with Gasteiger partial charge in [-0.25, -0.2) is 27.2 Å². The standard InChI is InChI=1S/C29H32F2O3.C28H30F2O3/c1-3-5-7-8-18-33-27-17-15-24(20-26(27)31)22-11-13-23(14-12-22)29(32)34-28-16-10-21(9-6-4-2)19-25(28)30;1-3-5-6-7-17-32-26-16-14-23(19-25(26)30)21-10-12-22(13-11-21)28(31)33-27-15-9-20(8-4-2)18-24(27)29/h10-17,19-20H,3-9,18H2,1-2H3;9-16,18-19H,3-8,17H2,1-2H3. The van der Waals surface area contributed by atoms with Crippen LogP contribution in [0.25, 0.3) is 22.3 Å². The fraction of sp³-hybridized carbons (Fsp3) is 0.333. The first kappa shape index (κ1) is 51.6. The third-order valence-corrected chi connectivity index (χ3v) is 11.0. The SMILES string of the molecule is CCCCCCOc1ccc(-c2ccc(C(=O)Oc3ccc(CCC)cc3F)cc2)cc1F.CCCCCCOc1ccc(-c2ccc(C(=O)Oc3ccc(CCCC)cc3F)cc2)cc1F. The molecule has 0 fully saturated rings. The van der Waals surface area contributed by atoms with Gasteiger partial charge in [-0.05, 0) is 138 Å². The van der Waals surface area contributed by atoms with Crippen molar-refractivity contribution in [2.75, 3.05) is 13.2 Å². The molecule has 0 aliphatic heterocycles. The molecule has 0 aliphatic carbocycles. The van der Waals surface area contributed by atoms with Crippen LogP contribution in [0.3, 0.4) is 0 Å². The number of aryl methyl sites for hydroxylation is 2. The molecule has 6 aromatic carbocycles. The van der Waals surface area contributed by atoms with Crippen molar-refractivity contribution < 1.29 is 46.1 Å². The lowest BCUT2D eigenvalue weighted by Gasteiger charge is -2.10. The van der Waals surface area contributed by atoms with Gasteiger partial charge in [-0.3, -0.25) is 0 Å². The fourth-order valence-corrected chi connectivity index (χ4v) is 7.17. The third-order valence-electron chi connectivity index (χ3n) is 11.0. The van der Waals surface area contributed by atoms with Gasteiger partial charge in [0.15, 0.2) is 46.3 Å². The van der Waals surface area contributed by atoms with Crippen LogP contribution < -0.4 is 18.9 Å². The predicted octanol–water partition coefficient (Wildman–Crippen LogP) is 15.9. The lowest BCUT2D eigenvalue weighted by atomic mass is 10.0. The lowest BCUT2D eigenvalue weighted by Crippen LogP contribution is -2.09. The minimum atomic E-state index is -0.651. The second kappa shape index (κ2) is 27.3. The van der Waals surface area contributed by atoms with E-state index in [2.05, 4.69) is 20.8 Å². The van der Waals surface area contributed by atoms with Gasteiger partial charge in [-0.2, -0.15) is 0 Å². The minimum absolute atomic E-state index is 0.0957. The molecule has 0 aliphatic rings. The molecular weight excluding hydrogens is 857 g/mol. The van der Waals surface area contributed by atoms with E-state index in [9.17, 15) is 27.2 Å². The second-order valence-electron chi connectivity index (χ2n) is 16.4. The molecule has 6 rings (SSSR count). The number of rotatable bonds is 23. The molecule has 0 radical (unpaired) electrons. The van der Waals surface area contributed by atoms with Gasteiger partial charge in [0, 0.05) is 0 Å². The van der Waals surface area contributed by atoms with E-state index in [1.807, 2.05) is 6.92 Å². The van der Waals surface area contributed by atoms with E-state index in [0.29, 0.717) is 24.3 Å². The van der Waals surface area contributed by atoms with Crippen molar-refractivity contribution in [3.8, 4) is 45.3 Å². The van der Waals surface area contributed by atoms with Crippen LogP contribution in [0.5, 0.6) is 23.0 Å². The highest BCUT2D eigenvalue weighted by Crippen LogP contribution is 2.29. The molecule has 67 heavy (non-hydrogen) atoms. The quantitative estimate of drug-likeness (QED) is 0.0276. The summed E-state index contributed by atoms with van der Waals surface area (Å²) in [4.78, 5) is 24.9. The zero-order valence-electron chi connectivity index (χ0n) is 39.1. The Kier molecular flexibility index (Phi) is 21.0. The number of unbranched alkanes of at least 4 members (excludes halogenated alkanes) is 7. The predicted molar refractivity (Wildman–Crippen MR) is 258 cm³/mol. The molecule has 0 bridgehead atoms. The molecule has 6 nitrogen and oxygen atoms in total. The Morgan fingerprint density at radius 1 is 0.373 bits per heavy atom. The minimum Gasteiger partial charge on any atom is -0.491 e. The maximum Gasteiger partial charge on any atom is 0.343 e. The molecule has 0 heterocycles. The molecule has 10 heteroatoms. The first-order valence-corrected chi connectivity index (χ1v) is 23.6. The third kappa shape index (κ3) is 16.2. The van der Waals surface area contributed by atoms with Gasteiger partial charge in [0.2, 0.25) is 0 Å². The van der Waals surface area contributed by atoms with Crippen molar-refractivity contribution in [2.24, 2.45) is 0 Å². The van der Waals surface area contributed by atoms with Gasteiger partial charge in [0.1, 0.15) is 0 Å². The average Bonchev–Trinajstić information content (AvgIpc) is 3.33. The topological polar surface area (TPSA) is 71.1 Å². The number of carbonyl (C=O) groups excluding carboxylic acids is 2. The molecule has 0 saturated carbocycles. The smallest absolute Gasteiger partial charge is 0.343 e. The summed E-state index contributed by atoms with van der Waals surface area (Å²) >= 11 is 0. The highest BCUT2D eigenvalue weighted by Gasteiger charge is 2.16. The molecule has 0 spiro atoms. The summed E-state index contributed by atoms with van der Waals surface area (Å²) in [7, 11) is 0. The molecule has 0 saturated heterocycles. The van der Waals surface area contributed by atoms with Gasteiger partial charge in [0.25, 0.3) is 0 Å². The average molecular weight is 919 g/mol. The van der Waals surface area contributed by atoms with Crippen LogP contribution in [0.2, 0.25) is 0 Å². The van der Waals surface area contributed by atoms with E-state index >= 15 is 0 Å². The maximum absolute atomic E-state index is 14.5. The number of hydrogen-bond donors (Lipinski definition) is 0. The van der Waals surface area contributed by atoms with E-state index in [0.717, 1.165) is 106 Å². The highest BCUT2D eigenvalue weighted by molar-refractivity contribution is 5.92. The first-order chi connectivity index (χ1) is 32.5. The van der Waals surface area contributed by atoms with Gasteiger partial charge >= 0.3 is 11.9 Å². The number of halogens is 4. The molecule has 0 unspecified atom stereocenters. The Labute approximate surface area is 393 Å². The van der Waals surface area contributed by atoms with Crippen molar-refractivity contribution in [3.63, 3.8) is 0 Å². The van der Waals surface area contributed by atoms with Crippen LogP contribution in [-0.2, 0) is 12.8 Å². The summed E-state index contributed by atoms with van der Waals surface area (Å²) in [6.45, 7) is 9.36. The van der Waals surface area contributed by atoms with Crippen molar-refractivity contribution in [2.45, 2.75) is 111 Å². The molecule has 0 amide bonds. The number of benzene rings is 6. The zero-order chi connectivity index (χ0) is 48.0. The monoisotopic (exact) mass is 918 g/mol. The number of hydrogen-bond acceptors (Lipinski definition) is 6. The number of carbonyl (C=O) groups is 2. The Bertz CT molecular complexity index is 2490. The molecular formula is C57H62F4O6. The van der Waals surface area contributed by atoms with E-state index in [1.54, 1.807) is 84.9 Å². The normalized spacial score (nSPS) is 10.8. The summed E-state index contributed by atoms with van der Waals surface area (Å²) in [5.41, 5.74) is 5.14. The molecule has 0 N–H and O–H groups in total. The summed E-state index contributed by atoms with van der Waals surface area (Å²) in [5.74, 6) is -2.98. The van der Waals surface area contributed by atoms with Gasteiger partial charge in [-0.15, -0.1) is 0 Å². The van der Waals surface area contributed by atoms with Gasteiger partial charge in [0.05, 0.1) is 24.3 Å². The summed E-state index contributed by atoms with van der Waals surface area (Å²) < 4.78 is 79.0. The van der Waals surface area contributed by atoms with Crippen molar-refractivity contribution in [1.29, 1.82) is 0 Å². The van der Waals surface area contributed by atoms with Crippen molar-refractivity contribution in [3.05, 3.63) is 167 Å². The van der Waals surface area contributed by atoms with E-state index < -0.39 is 35.2 Å². The maximum atomic E-state index is 14.5. The molecule has 0 aromatic heterocycles. The van der Waals surface area contributed by atoms with Crippen LogP contribution >= 0.6 is 0 Å². The van der Waals surface area contributed by atoms with Crippen LogP contribution in [0.15, 0.2) is 121 Å². The van der Waals surface area contributed by atoms with Crippen molar-refractivity contribution >= 4 is 11.9 Å². The number of esters is 2. The summed E-state index contributed by atoms with van der Waals surface area (Å²) in [5, 5.41) is 0. The summed E-state index contributed by atoms with van der Waals surface area (Å²) in [6, 6.07) is 32.1. The Morgan fingerprint density at radius 3 is 1.12 bits per heavy atom. The van der Waals surface area contributed by atoms with Gasteiger partial charge < -0.3 is 18.9 Å². The van der Waals surface area contributed by atoms with Crippen LogP contribution in [0.1, 0.15) is 130 Å².